The van der Waals surface area contributed by atoms with E-state index in [1.54, 1.807) is 0 Å². The highest BCUT2D eigenvalue weighted by Crippen LogP contribution is 2.36. The maximum Gasteiger partial charge on any atom is 0.0339 e. The van der Waals surface area contributed by atoms with E-state index >= 15 is 0 Å². The molecule has 0 saturated carbocycles. The Kier molecular flexibility index (Phi) is 4.06. The summed E-state index contributed by atoms with van der Waals surface area (Å²) >= 11 is 8.54. The Hall–Kier alpha value is 0.440. The topological polar surface area (TPSA) is 0 Å². The highest BCUT2D eigenvalue weighted by Gasteiger charge is 2.21. The average Bonchev–Trinajstić information content (AvgIpc) is 1.54. The van der Waals surface area contributed by atoms with Crippen molar-refractivity contribution in [1.29, 1.82) is 0 Å². The summed E-state index contributed by atoms with van der Waals surface area (Å²) in [6.45, 7) is 10.9. The number of allylic oxidation sites excluding steroid dienone is 1. The Morgan fingerprint density at radius 1 is 1.09 bits per heavy atom. The Balaban J connectivity index is 4.80. The summed E-state index contributed by atoms with van der Waals surface area (Å²) in [6, 6.07) is 0. The van der Waals surface area contributed by atoms with Crippen molar-refractivity contribution in [2.75, 3.05) is 0 Å². The molecule has 0 amide bonds. The zero-order chi connectivity index (χ0) is 9.23. The van der Waals surface area contributed by atoms with Crippen LogP contribution in [0.3, 0.4) is 0 Å². The Morgan fingerprint density at radius 2 is 1.45 bits per heavy atom. The van der Waals surface area contributed by atoms with Gasteiger partial charge in [-0.15, -0.1) is 25.3 Å². The van der Waals surface area contributed by atoms with Crippen LogP contribution in [0.25, 0.3) is 0 Å². The quantitative estimate of drug-likeness (QED) is 0.578. The fraction of sp³-hybridized carbons (Fsp3) is 0.778. The second-order valence-electron chi connectivity index (χ2n) is 4.14. The van der Waals surface area contributed by atoms with Gasteiger partial charge in [0, 0.05) is 4.24 Å². The van der Waals surface area contributed by atoms with Crippen LogP contribution in [0.2, 0.25) is 0 Å². The summed E-state index contributed by atoms with van der Waals surface area (Å²) < 4.78 is 0.868. The molecule has 0 spiro atoms. The summed E-state index contributed by atoms with van der Waals surface area (Å²) in [6.07, 6.45) is 0. The van der Waals surface area contributed by atoms with E-state index in [0.29, 0.717) is 5.92 Å². The fourth-order valence-electron chi connectivity index (χ4n) is 1.46. The van der Waals surface area contributed by atoms with Gasteiger partial charge in [-0.2, -0.15) is 0 Å². The minimum absolute atomic E-state index is 0.188. The van der Waals surface area contributed by atoms with Crippen molar-refractivity contribution in [2.24, 2.45) is 11.3 Å². The Bertz CT molecular complexity index is 157. The molecule has 0 rings (SSSR count). The van der Waals surface area contributed by atoms with E-state index < -0.39 is 0 Å². The van der Waals surface area contributed by atoms with Gasteiger partial charge in [-0.25, -0.2) is 0 Å². The first-order valence-corrected chi connectivity index (χ1v) is 4.79. The smallest absolute Gasteiger partial charge is 0.0339 e. The van der Waals surface area contributed by atoms with E-state index in [4.69, 9.17) is 0 Å². The fourth-order valence-corrected chi connectivity index (χ4v) is 2.65. The summed E-state index contributed by atoms with van der Waals surface area (Å²) in [4.78, 5) is 0. The molecule has 0 N–H and O–H groups in total. The van der Waals surface area contributed by atoms with E-state index in [9.17, 15) is 0 Å². The van der Waals surface area contributed by atoms with Gasteiger partial charge < -0.3 is 0 Å². The lowest BCUT2D eigenvalue weighted by Crippen LogP contribution is -2.14. The minimum Gasteiger partial charge on any atom is -0.137 e. The molecule has 0 aromatic heterocycles. The first kappa shape index (κ1) is 11.4. The maximum atomic E-state index is 4.27. The molecule has 0 aliphatic carbocycles. The van der Waals surface area contributed by atoms with Crippen LogP contribution in [-0.4, -0.2) is 0 Å². The molecule has 0 aromatic carbocycles. The van der Waals surface area contributed by atoms with Gasteiger partial charge in [0.25, 0.3) is 0 Å². The molecule has 0 bridgehead atoms. The molecule has 0 aliphatic rings. The van der Waals surface area contributed by atoms with Gasteiger partial charge in [-0.3, -0.25) is 0 Å². The van der Waals surface area contributed by atoms with Gasteiger partial charge in [-0.1, -0.05) is 34.6 Å². The van der Waals surface area contributed by atoms with Crippen LogP contribution < -0.4 is 0 Å². The van der Waals surface area contributed by atoms with E-state index in [1.165, 1.54) is 5.57 Å². The van der Waals surface area contributed by atoms with Crippen molar-refractivity contribution in [3.05, 3.63) is 9.81 Å². The molecule has 0 unspecified atom stereocenters. The summed E-state index contributed by atoms with van der Waals surface area (Å²) in [5, 5.41) is 0. The SMILES string of the molecule is CC(C)C(=C(S)S)C(C)(C)C. The molecular weight excluding hydrogens is 172 g/mol. The second kappa shape index (κ2) is 3.90. The summed E-state index contributed by atoms with van der Waals surface area (Å²) in [7, 11) is 0. The lowest BCUT2D eigenvalue weighted by atomic mass is 9.81. The molecule has 0 nitrogen and oxygen atoms in total. The van der Waals surface area contributed by atoms with E-state index in [-0.39, 0.29) is 5.41 Å². The van der Waals surface area contributed by atoms with Gasteiger partial charge in [0.05, 0.1) is 0 Å². The van der Waals surface area contributed by atoms with Gasteiger partial charge in [0.1, 0.15) is 0 Å². The lowest BCUT2D eigenvalue weighted by Gasteiger charge is -2.27. The summed E-state index contributed by atoms with van der Waals surface area (Å²) in [5.74, 6) is 0.528. The Morgan fingerprint density at radius 3 is 1.45 bits per heavy atom. The monoisotopic (exact) mass is 190 g/mol. The second-order valence-corrected chi connectivity index (χ2v) is 5.39. The highest BCUT2D eigenvalue weighted by atomic mass is 32.2. The molecule has 0 aromatic rings. The lowest BCUT2D eigenvalue weighted by molar-refractivity contribution is 0.449. The van der Waals surface area contributed by atoms with Crippen molar-refractivity contribution in [3.8, 4) is 0 Å². The zero-order valence-electron chi connectivity index (χ0n) is 7.97. The van der Waals surface area contributed by atoms with Gasteiger partial charge in [0.2, 0.25) is 0 Å². The molecule has 0 atom stereocenters. The van der Waals surface area contributed by atoms with Crippen molar-refractivity contribution in [1.82, 2.24) is 0 Å². The van der Waals surface area contributed by atoms with Crippen LogP contribution in [-0.2, 0) is 0 Å². The van der Waals surface area contributed by atoms with E-state index in [0.717, 1.165) is 4.24 Å². The zero-order valence-corrected chi connectivity index (χ0v) is 9.76. The molecule has 0 fully saturated rings. The van der Waals surface area contributed by atoms with Gasteiger partial charge in [-0.05, 0) is 16.9 Å². The van der Waals surface area contributed by atoms with Crippen LogP contribution in [0, 0.1) is 11.3 Å². The van der Waals surface area contributed by atoms with E-state index in [1.807, 2.05) is 0 Å². The maximum absolute atomic E-state index is 4.27. The van der Waals surface area contributed by atoms with Crippen LogP contribution in [0.5, 0.6) is 0 Å². The van der Waals surface area contributed by atoms with E-state index in [2.05, 4.69) is 59.9 Å². The highest BCUT2D eigenvalue weighted by molar-refractivity contribution is 8.05. The number of hydrogen-bond acceptors (Lipinski definition) is 2. The third-order valence-corrected chi connectivity index (χ3v) is 2.11. The van der Waals surface area contributed by atoms with Crippen molar-refractivity contribution < 1.29 is 0 Å². The van der Waals surface area contributed by atoms with Crippen molar-refractivity contribution in [2.45, 2.75) is 34.6 Å². The van der Waals surface area contributed by atoms with Crippen LogP contribution >= 0.6 is 25.3 Å². The van der Waals surface area contributed by atoms with Crippen molar-refractivity contribution in [3.63, 3.8) is 0 Å². The molecule has 11 heavy (non-hydrogen) atoms. The van der Waals surface area contributed by atoms with Crippen molar-refractivity contribution >= 4 is 25.3 Å². The number of thiol groups is 2. The predicted octanol–water partition coefficient (Wildman–Crippen LogP) is 3.76. The third kappa shape index (κ3) is 3.57. The molecule has 66 valence electrons. The van der Waals surface area contributed by atoms with Gasteiger partial charge >= 0.3 is 0 Å². The first-order chi connectivity index (χ1) is 4.76. The molecule has 0 aliphatic heterocycles. The standard InChI is InChI=1S/C9H18S2/c1-6(2)7(8(10)11)9(3,4)5/h6,10-11H,1-5H3. The predicted molar refractivity (Wildman–Crippen MR) is 59.3 cm³/mol. The normalized spacial score (nSPS) is 12.0. The molecule has 2 heteroatoms. The molecular formula is C9H18S2. The average molecular weight is 190 g/mol. The van der Waals surface area contributed by atoms with Crippen LogP contribution in [0.15, 0.2) is 9.81 Å². The third-order valence-electron chi connectivity index (χ3n) is 1.63. The largest absolute Gasteiger partial charge is 0.137 e. The van der Waals surface area contributed by atoms with Gasteiger partial charge in [0.15, 0.2) is 0 Å². The molecule has 0 heterocycles. The summed E-state index contributed by atoms with van der Waals surface area (Å²) in [5.41, 5.74) is 1.51. The minimum atomic E-state index is 0.188. The number of hydrogen-bond donors (Lipinski definition) is 2. The molecule has 0 radical (unpaired) electrons. The Labute approximate surface area is 81.3 Å². The van der Waals surface area contributed by atoms with Crippen LogP contribution in [0.1, 0.15) is 34.6 Å². The number of rotatable bonds is 1. The first-order valence-electron chi connectivity index (χ1n) is 3.89. The van der Waals surface area contributed by atoms with Crippen LogP contribution in [0.4, 0.5) is 0 Å². The molecule has 0 saturated heterocycles.